The summed E-state index contributed by atoms with van der Waals surface area (Å²) in [6.07, 6.45) is 8.18. The number of nitrogens with one attached hydrogen (secondary N) is 4. The van der Waals surface area contributed by atoms with Crippen LogP contribution >= 0.6 is 0 Å². The Labute approximate surface area is 267 Å². The average molecular weight is 620 g/mol. The fourth-order valence-corrected chi connectivity index (χ4v) is 5.68. The fraction of sp³-hybridized carbons (Fsp3) is 0.294. The van der Waals surface area contributed by atoms with Crippen LogP contribution in [0.3, 0.4) is 0 Å². The number of likely N-dealkylation sites (tertiary alicyclic amines) is 1. The van der Waals surface area contributed by atoms with Crippen molar-refractivity contribution in [2.45, 2.75) is 45.3 Å². The summed E-state index contributed by atoms with van der Waals surface area (Å²) in [7, 11) is 1.32. The van der Waals surface area contributed by atoms with Crippen LogP contribution in [-0.4, -0.2) is 66.5 Å². The van der Waals surface area contributed by atoms with Crippen LogP contribution < -0.4 is 10.6 Å². The molecule has 46 heavy (non-hydrogen) atoms. The number of anilines is 1. The summed E-state index contributed by atoms with van der Waals surface area (Å²) in [4.78, 5) is 51.2. The monoisotopic (exact) mass is 619 g/mol. The van der Waals surface area contributed by atoms with Gasteiger partial charge in [0.05, 0.1) is 43.5 Å². The molecule has 12 heteroatoms. The van der Waals surface area contributed by atoms with E-state index in [2.05, 4.69) is 76.7 Å². The topological polar surface area (TPSA) is 154 Å². The predicted octanol–water partition coefficient (Wildman–Crippen LogP) is 5.58. The zero-order valence-corrected chi connectivity index (χ0v) is 26.0. The first-order chi connectivity index (χ1) is 22.4. The molecule has 5 aromatic rings. The van der Waals surface area contributed by atoms with Gasteiger partial charge in [-0.15, -0.1) is 0 Å². The van der Waals surface area contributed by atoms with Crippen molar-refractivity contribution < 1.29 is 14.3 Å². The Kier molecular flexibility index (Phi) is 9.04. The SMILES string of the molecule is COC(=O)NCc1ncc(-c2ccc(-c3ccc(-c4cnc(C5CCCN5C(=O)C(Nc5ncccn5)C(C)C)[nH]4)cc3)cc2)[nH]1. The van der Waals surface area contributed by atoms with E-state index in [1.807, 2.05) is 37.1 Å². The van der Waals surface area contributed by atoms with Gasteiger partial charge >= 0.3 is 6.09 Å². The van der Waals surface area contributed by atoms with Crippen LogP contribution in [0, 0.1) is 5.92 Å². The normalized spacial score (nSPS) is 15.1. The van der Waals surface area contributed by atoms with Crippen LogP contribution in [0.5, 0.6) is 0 Å². The van der Waals surface area contributed by atoms with E-state index in [4.69, 9.17) is 4.98 Å². The highest BCUT2D eigenvalue weighted by molar-refractivity contribution is 5.85. The molecule has 2 atom stereocenters. The van der Waals surface area contributed by atoms with Crippen molar-refractivity contribution in [2.24, 2.45) is 5.92 Å². The number of carbonyl (C=O) groups is 2. The summed E-state index contributed by atoms with van der Waals surface area (Å²) in [6.45, 7) is 4.99. The van der Waals surface area contributed by atoms with E-state index >= 15 is 0 Å². The van der Waals surface area contributed by atoms with Crippen molar-refractivity contribution in [3.63, 3.8) is 0 Å². The van der Waals surface area contributed by atoms with Crippen LogP contribution in [-0.2, 0) is 16.1 Å². The minimum absolute atomic E-state index is 0.0295. The smallest absolute Gasteiger partial charge is 0.407 e. The minimum Gasteiger partial charge on any atom is -0.453 e. The van der Waals surface area contributed by atoms with E-state index in [1.54, 1.807) is 24.7 Å². The number of hydrogen-bond acceptors (Lipinski definition) is 8. The van der Waals surface area contributed by atoms with Gasteiger partial charge in [0.1, 0.15) is 17.7 Å². The molecule has 0 saturated carbocycles. The number of methoxy groups -OCH3 is 1. The quantitative estimate of drug-likeness (QED) is 0.158. The Morgan fingerprint density at radius 1 is 0.891 bits per heavy atom. The number of H-pyrrole nitrogens is 2. The number of rotatable bonds is 10. The van der Waals surface area contributed by atoms with Gasteiger partial charge < -0.3 is 30.2 Å². The van der Waals surface area contributed by atoms with Crippen LogP contribution in [0.1, 0.15) is 44.4 Å². The highest BCUT2D eigenvalue weighted by atomic mass is 16.5. The number of ether oxygens (including phenoxy) is 1. The van der Waals surface area contributed by atoms with Gasteiger partial charge in [-0.1, -0.05) is 62.4 Å². The lowest BCUT2D eigenvalue weighted by Gasteiger charge is -2.30. The van der Waals surface area contributed by atoms with Crippen molar-refractivity contribution in [1.29, 1.82) is 0 Å². The molecule has 0 spiro atoms. The number of nitrogens with zero attached hydrogens (tertiary/aromatic N) is 5. The summed E-state index contributed by atoms with van der Waals surface area (Å²) < 4.78 is 4.60. The number of imidazole rings is 2. The zero-order valence-electron chi connectivity index (χ0n) is 26.0. The van der Waals surface area contributed by atoms with Gasteiger partial charge in [0, 0.05) is 18.9 Å². The Hall–Kier alpha value is -5.52. The molecule has 4 N–H and O–H groups in total. The van der Waals surface area contributed by atoms with E-state index in [1.165, 1.54) is 7.11 Å². The van der Waals surface area contributed by atoms with E-state index in [-0.39, 0.29) is 24.4 Å². The van der Waals surface area contributed by atoms with Crippen LogP contribution in [0.2, 0.25) is 0 Å². The van der Waals surface area contributed by atoms with Gasteiger partial charge in [0.15, 0.2) is 0 Å². The Bertz CT molecular complexity index is 1770. The number of carbonyl (C=O) groups excluding carboxylic acids is 2. The summed E-state index contributed by atoms with van der Waals surface area (Å²) in [6, 6.07) is 17.7. The molecule has 4 heterocycles. The largest absolute Gasteiger partial charge is 0.453 e. The van der Waals surface area contributed by atoms with Crippen molar-refractivity contribution in [1.82, 2.24) is 40.1 Å². The van der Waals surface area contributed by atoms with Gasteiger partial charge in [-0.2, -0.15) is 0 Å². The van der Waals surface area contributed by atoms with Gasteiger partial charge in [-0.3, -0.25) is 4.79 Å². The Morgan fingerprint density at radius 2 is 1.50 bits per heavy atom. The maximum atomic E-state index is 13.7. The molecule has 2 unspecified atom stereocenters. The molecule has 2 amide bonds. The first kappa shape index (κ1) is 30.5. The lowest BCUT2D eigenvalue weighted by molar-refractivity contribution is -0.134. The summed E-state index contributed by atoms with van der Waals surface area (Å²) >= 11 is 0. The highest BCUT2D eigenvalue weighted by Gasteiger charge is 2.37. The molecule has 1 aliphatic heterocycles. The number of hydrogen-bond donors (Lipinski definition) is 4. The van der Waals surface area contributed by atoms with Gasteiger partial charge in [0.25, 0.3) is 0 Å². The number of alkyl carbamates (subject to hydrolysis) is 1. The van der Waals surface area contributed by atoms with Crippen LogP contribution in [0.4, 0.5) is 10.7 Å². The molecular formula is C34H37N9O3. The molecule has 2 aromatic carbocycles. The zero-order chi connectivity index (χ0) is 32.0. The Morgan fingerprint density at radius 3 is 2.13 bits per heavy atom. The van der Waals surface area contributed by atoms with Crippen molar-refractivity contribution >= 4 is 17.9 Å². The highest BCUT2D eigenvalue weighted by Crippen LogP contribution is 2.33. The first-order valence-electron chi connectivity index (χ1n) is 15.4. The van der Waals surface area contributed by atoms with E-state index in [0.29, 0.717) is 18.3 Å². The molecule has 1 fully saturated rings. The summed E-state index contributed by atoms with van der Waals surface area (Å²) in [5.41, 5.74) is 5.95. The van der Waals surface area contributed by atoms with Gasteiger partial charge in [-0.25, -0.2) is 24.7 Å². The second kappa shape index (κ2) is 13.6. The fourth-order valence-electron chi connectivity index (χ4n) is 5.68. The molecule has 6 rings (SSSR count). The van der Waals surface area contributed by atoms with E-state index in [9.17, 15) is 9.59 Å². The van der Waals surface area contributed by atoms with Crippen molar-refractivity contribution in [2.75, 3.05) is 19.0 Å². The van der Waals surface area contributed by atoms with Crippen LogP contribution in [0.15, 0.2) is 79.4 Å². The molecule has 0 bridgehead atoms. The molecule has 0 radical (unpaired) electrons. The molecule has 3 aromatic heterocycles. The molecule has 12 nitrogen and oxygen atoms in total. The standard InChI is InChI=1S/C34H37N9O3/c1-21(2)30(42-33-35-15-5-16-36-33)32(44)43-17-4-6-28(43)31-38-19-27(41-31)25-13-9-23(10-14-25)22-7-11-24(12-8-22)26-18-37-29(40-26)20-39-34(45)46-3/h5,7-16,18-19,21,28,30H,4,6,17,20H2,1-3H3,(H,37,40)(H,38,41)(H,39,45)(H,35,36,42). The van der Waals surface area contributed by atoms with Gasteiger partial charge in [-0.05, 0) is 47.1 Å². The maximum Gasteiger partial charge on any atom is 0.407 e. The first-order valence-corrected chi connectivity index (χ1v) is 15.4. The lowest BCUT2D eigenvalue weighted by atomic mass is 10.0. The van der Waals surface area contributed by atoms with Gasteiger partial charge in [0.2, 0.25) is 11.9 Å². The third-order valence-electron chi connectivity index (χ3n) is 8.17. The van der Waals surface area contributed by atoms with E-state index in [0.717, 1.165) is 52.3 Å². The number of aromatic amines is 2. The lowest BCUT2D eigenvalue weighted by Crippen LogP contribution is -2.45. The summed E-state index contributed by atoms with van der Waals surface area (Å²) in [5, 5.41) is 5.85. The third kappa shape index (κ3) is 6.75. The number of amides is 2. The maximum absolute atomic E-state index is 13.7. The third-order valence-corrected chi connectivity index (χ3v) is 8.17. The molecule has 1 aliphatic rings. The van der Waals surface area contributed by atoms with E-state index < -0.39 is 12.1 Å². The molecule has 1 saturated heterocycles. The van der Waals surface area contributed by atoms with Crippen molar-refractivity contribution in [3.05, 3.63) is 91.0 Å². The second-order valence-corrected chi connectivity index (χ2v) is 11.6. The Balaban J connectivity index is 1.11. The second-order valence-electron chi connectivity index (χ2n) is 11.6. The number of aromatic nitrogens is 6. The summed E-state index contributed by atoms with van der Waals surface area (Å²) in [5.74, 6) is 1.97. The average Bonchev–Trinajstić information content (AvgIpc) is 3.88. The van der Waals surface area contributed by atoms with Crippen molar-refractivity contribution in [3.8, 4) is 33.6 Å². The molecule has 236 valence electrons. The molecular weight excluding hydrogens is 582 g/mol. The predicted molar refractivity (Wildman–Crippen MR) is 174 cm³/mol. The minimum atomic E-state index is -0.503. The molecule has 0 aliphatic carbocycles. The number of benzene rings is 2. The van der Waals surface area contributed by atoms with Crippen LogP contribution in [0.25, 0.3) is 33.6 Å².